The maximum atomic E-state index is 10.9. The molecular formula is C13H17BrO3. The number of hydrogen-bond donors (Lipinski definition) is 1. The van der Waals surface area contributed by atoms with E-state index in [0.29, 0.717) is 15.8 Å². The number of hydrogen-bond acceptors (Lipinski definition) is 3. The molecule has 0 aliphatic carbocycles. The van der Waals surface area contributed by atoms with Crippen LogP contribution in [0.25, 0.3) is 0 Å². The van der Waals surface area contributed by atoms with E-state index in [2.05, 4.69) is 15.9 Å². The van der Waals surface area contributed by atoms with Gasteiger partial charge in [-0.25, -0.2) is 0 Å². The third-order valence-electron chi connectivity index (χ3n) is 2.88. The SMILES string of the molecule is CC(C)C(C)(O)COc1c(Br)cccc1C=O. The molecule has 1 N–H and O–H groups in total. The summed E-state index contributed by atoms with van der Waals surface area (Å²) < 4.78 is 6.27. The fourth-order valence-electron chi connectivity index (χ4n) is 1.16. The van der Waals surface area contributed by atoms with Crippen molar-refractivity contribution in [2.45, 2.75) is 26.4 Å². The number of benzene rings is 1. The van der Waals surface area contributed by atoms with Crippen molar-refractivity contribution in [3.05, 3.63) is 28.2 Å². The van der Waals surface area contributed by atoms with Gasteiger partial charge in [0.2, 0.25) is 0 Å². The molecule has 1 aromatic carbocycles. The van der Waals surface area contributed by atoms with Crippen molar-refractivity contribution < 1.29 is 14.6 Å². The van der Waals surface area contributed by atoms with Crippen LogP contribution in [0.2, 0.25) is 0 Å². The molecule has 0 aliphatic heterocycles. The molecule has 94 valence electrons. The van der Waals surface area contributed by atoms with E-state index in [1.165, 1.54) is 0 Å². The van der Waals surface area contributed by atoms with E-state index in [1.807, 2.05) is 13.8 Å². The van der Waals surface area contributed by atoms with E-state index in [9.17, 15) is 9.90 Å². The second-order valence-corrected chi connectivity index (χ2v) is 5.43. The van der Waals surface area contributed by atoms with Crippen LogP contribution in [0.15, 0.2) is 22.7 Å². The van der Waals surface area contributed by atoms with E-state index in [0.717, 1.165) is 6.29 Å². The maximum Gasteiger partial charge on any atom is 0.153 e. The minimum absolute atomic E-state index is 0.0738. The van der Waals surface area contributed by atoms with Crippen molar-refractivity contribution in [1.82, 2.24) is 0 Å². The van der Waals surface area contributed by atoms with Gasteiger partial charge in [-0.15, -0.1) is 0 Å². The molecule has 1 atom stereocenters. The topological polar surface area (TPSA) is 46.5 Å². The zero-order valence-electron chi connectivity index (χ0n) is 10.2. The average Bonchev–Trinajstić information content (AvgIpc) is 2.26. The summed E-state index contributed by atoms with van der Waals surface area (Å²) in [4.78, 5) is 10.9. The summed E-state index contributed by atoms with van der Waals surface area (Å²) in [5, 5.41) is 10.1. The highest BCUT2D eigenvalue weighted by atomic mass is 79.9. The third kappa shape index (κ3) is 3.54. The number of aliphatic hydroxyl groups is 1. The zero-order chi connectivity index (χ0) is 13.1. The summed E-state index contributed by atoms with van der Waals surface area (Å²) in [5.74, 6) is 0.549. The number of carbonyl (C=O) groups is 1. The monoisotopic (exact) mass is 300 g/mol. The van der Waals surface area contributed by atoms with E-state index in [1.54, 1.807) is 25.1 Å². The summed E-state index contributed by atoms with van der Waals surface area (Å²) in [6.07, 6.45) is 0.740. The summed E-state index contributed by atoms with van der Waals surface area (Å²) in [7, 11) is 0. The van der Waals surface area contributed by atoms with Crippen LogP contribution in [-0.2, 0) is 0 Å². The van der Waals surface area contributed by atoms with Crippen LogP contribution in [0.3, 0.4) is 0 Å². The Morgan fingerprint density at radius 2 is 2.18 bits per heavy atom. The second kappa shape index (κ2) is 5.65. The molecule has 1 aromatic rings. The molecule has 0 fully saturated rings. The van der Waals surface area contributed by atoms with Crippen LogP contribution in [0, 0.1) is 5.92 Å². The normalized spacial score (nSPS) is 14.5. The van der Waals surface area contributed by atoms with Crippen LogP contribution in [-0.4, -0.2) is 23.6 Å². The average molecular weight is 301 g/mol. The lowest BCUT2D eigenvalue weighted by Crippen LogP contribution is -2.38. The maximum absolute atomic E-state index is 10.9. The van der Waals surface area contributed by atoms with Crippen molar-refractivity contribution in [3.63, 3.8) is 0 Å². The fourth-order valence-corrected chi connectivity index (χ4v) is 1.65. The Morgan fingerprint density at radius 3 is 2.71 bits per heavy atom. The van der Waals surface area contributed by atoms with Crippen molar-refractivity contribution in [1.29, 1.82) is 0 Å². The Hall–Kier alpha value is -0.870. The van der Waals surface area contributed by atoms with Gasteiger partial charge in [0.15, 0.2) is 6.29 Å². The molecule has 0 saturated carbocycles. The molecule has 0 aromatic heterocycles. The molecule has 0 aliphatic rings. The minimum Gasteiger partial charge on any atom is -0.489 e. The molecule has 1 unspecified atom stereocenters. The first-order chi connectivity index (χ1) is 7.88. The van der Waals surface area contributed by atoms with Gasteiger partial charge in [-0.3, -0.25) is 4.79 Å². The summed E-state index contributed by atoms with van der Waals surface area (Å²) in [6.45, 7) is 5.71. The molecule has 0 amide bonds. The van der Waals surface area contributed by atoms with Gasteiger partial charge in [-0.2, -0.15) is 0 Å². The van der Waals surface area contributed by atoms with Crippen LogP contribution < -0.4 is 4.74 Å². The number of ether oxygens (including phenoxy) is 1. The van der Waals surface area contributed by atoms with Crippen LogP contribution >= 0.6 is 15.9 Å². The van der Waals surface area contributed by atoms with Gasteiger partial charge in [0.1, 0.15) is 12.4 Å². The first-order valence-corrected chi connectivity index (χ1v) is 6.26. The smallest absolute Gasteiger partial charge is 0.153 e. The summed E-state index contributed by atoms with van der Waals surface area (Å²) in [5.41, 5.74) is -0.450. The summed E-state index contributed by atoms with van der Waals surface area (Å²) >= 11 is 3.33. The van der Waals surface area contributed by atoms with Gasteiger partial charge in [-0.05, 0) is 40.9 Å². The highest BCUT2D eigenvalue weighted by Gasteiger charge is 2.26. The lowest BCUT2D eigenvalue weighted by molar-refractivity contribution is -0.0269. The highest BCUT2D eigenvalue weighted by molar-refractivity contribution is 9.10. The first-order valence-electron chi connectivity index (χ1n) is 5.47. The predicted octanol–water partition coefficient (Wildman–Crippen LogP) is 3.05. The standard InChI is InChI=1S/C13H17BrO3/c1-9(2)13(3,16)8-17-12-10(7-15)5-4-6-11(12)14/h4-7,9,16H,8H2,1-3H3. The number of aldehydes is 1. The Labute approximate surface area is 110 Å². The van der Waals surface area contributed by atoms with E-state index in [4.69, 9.17) is 4.74 Å². The third-order valence-corrected chi connectivity index (χ3v) is 3.50. The van der Waals surface area contributed by atoms with Crippen LogP contribution in [0.4, 0.5) is 0 Å². The quantitative estimate of drug-likeness (QED) is 0.850. The molecule has 4 heteroatoms. The highest BCUT2D eigenvalue weighted by Crippen LogP contribution is 2.29. The van der Waals surface area contributed by atoms with Gasteiger partial charge >= 0.3 is 0 Å². The Morgan fingerprint density at radius 1 is 1.53 bits per heavy atom. The Bertz CT molecular complexity index is 400. The molecule has 0 radical (unpaired) electrons. The second-order valence-electron chi connectivity index (χ2n) is 4.58. The Kier molecular flexibility index (Phi) is 4.71. The van der Waals surface area contributed by atoms with Gasteiger partial charge in [0.05, 0.1) is 15.6 Å². The van der Waals surface area contributed by atoms with Crippen LogP contribution in [0.1, 0.15) is 31.1 Å². The fraction of sp³-hybridized carbons (Fsp3) is 0.462. The summed E-state index contributed by atoms with van der Waals surface area (Å²) in [6, 6.07) is 5.24. The van der Waals surface area contributed by atoms with Crippen molar-refractivity contribution in [3.8, 4) is 5.75 Å². The number of halogens is 1. The van der Waals surface area contributed by atoms with E-state index >= 15 is 0 Å². The van der Waals surface area contributed by atoms with Gasteiger partial charge in [-0.1, -0.05) is 19.9 Å². The molecule has 0 saturated heterocycles. The van der Waals surface area contributed by atoms with Gasteiger partial charge in [0, 0.05) is 0 Å². The predicted molar refractivity (Wildman–Crippen MR) is 70.5 cm³/mol. The number of rotatable bonds is 5. The molecule has 0 bridgehead atoms. The molecule has 1 rings (SSSR count). The van der Waals surface area contributed by atoms with Crippen molar-refractivity contribution >= 4 is 22.2 Å². The van der Waals surface area contributed by atoms with E-state index in [-0.39, 0.29) is 12.5 Å². The first kappa shape index (κ1) is 14.2. The van der Waals surface area contributed by atoms with Crippen molar-refractivity contribution in [2.24, 2.45) is 5.92 Å². The van der Waals surface area contributed by atoms with Gasteiger partial charge in [0.25, 0.3) is 0 Å². The number of carbonyl (C=O) groups excluding carboxylic acids is 1. The van der Waals surface area contributed by atoms with Crippen molar-refractivity contribution in [2.75, 3.05) is 6.61 Å². The molecule has 3 nitrogen and oxygen atoms in total. The molecule has 0 heterocycles. The lowest BCUT2D eigenvalue weighted by atomic mass is 9.94. The largest absolute Gasteiger partial charge is 0.489 e. The minimum atomic E-state index is -0.921. The molecule has 0 spiro atoms. The Balaban J connectivity index is 2.86. The number of para-hydroxylation sites is 1. The van der Waals surface area contributed by atoms with Gasteiger partial charge < -0.3 is 9.84 Å². The lowest BCUT2D eigenvalue weighted by Gasteiger charge is -2.28. The molecular weight excluding hydrogens is 284 g/mol. The zero-order valence-corrected chi connectivity index (χ0v) is 11.8. The molecule has 17 heavy (non-hydrogen) atoms. The van der Waals surface area contributed by atoms with E-state index < -0.39 is 5.60 Å². The van der Waals surface area contributed by atoms with Crippen LogP contribution in [0.5, 0.6) is 5.75 Å².